The molecule has 0 fully saturated rings. The minimum Gasteiger partial charge on any atom is -0.492 e. The lowest BCUT2D eigenvalue weighted by atomic mass is 10.2. The second kappa shape index (κ2) is 6.00. The van der Waals surface area contributed by atoms with Crippen LogP contribution in [0, 0.1) is 0 Å². The van der Waals surface area contributed by atoms with Gasteiger partial charge in [-0.1, -0.05) is 6.92 Å². The minimum absolute atomic E-state index is 0.350. The van der Waals surface area contributed by atoms with Crippen molar-refractivity contribution in [2.24, 2.45) is 0 Å². The van der Waals surface area contributed by atoms with Crippen LogP contribution < -0.4 is 10.5 Å². The summed E-state index contributed by atoms with van der Waals surface area (Å²) >= 11 is 0. The molecule has 2 N–H and O–H groups in total. The summed E-state index contributed by atoms with van der Waals surface area (Å²) < 4.78 is 10.3. The summed E-state index contributed by atoms with van der Waals surface area (Å²) in [6, 6.07) is 4.91. The number of ether oxygens (including phenoxy) is 2. The molecule has 0 aromatic heterocycles. The molecule has 4 heteroatoms. The predicted octanol–water partition coefficient (Wildman–Crippen LogP) is 2.23. The number of carbonyl (C=O) groups is 1. The molecular formula is C12H17NO3. The Morgan fingerprint density at radius 1 is 1.38 bits per heavy atom. The molecule has 16 heavy (non-hydrogen) atoms. The van der Waals surface area contributed by atoms with Crippen molar-refractivity contribution in [3.05, 3.63) is 23.8 Å². The first-order valence-electron chi connectivity index (χ1n) is 5.38. The molecular weight excluding hydrogens is 206 g/mol. The highest BCUT2D eigenvalue weighted by Crippen LogP contribution is 2.22. The van der Waals surface area contributed by atoms with E-state index in [1.165, 1.54) is 0 Å². The van der Waals surface area contributed by atoms with Gasteiger partial charge in [-0.2, -0.15) is 0 Å². The van der Waals surface area contributed by atoms with Crippen molar-refractivity contribution in [3.63, 3.8) is 0 Å². The van der Waals surface area contributed by atoms with Gasteiger partial charge in [0.1, 0.15) is 5.75 Å². The van der Waals surface area contributed by atoms with E-state index in [0.29, 0.717) is 30.2 Å². The third-order valence-electron chi connectivity index (χ3n) is 1.98. The van der Waals surface area contributed by atoms with E-state index >= 15 is 0 Å². The van der Waals surface area contributed by atoms with Crippen LogP contribution in [0.15, 0.2) is 18.2 Å². The van der Waals surface area contributed by atoms with E-state index in [9.17, 15) is 4.79 Å². The highest BCUT2D eigenvalue weighted by atomic mass is 16.5. The Morgan fingerprint density at radius 2 is 2.12 bits per heavy atom. The number of hydrogen-bond acceptors (Lipinski definition) is 4. The molecule has 0 heterocycles. The zero-order valence-electron chi connectivity index (χ0n) is 9.66. The molecule has 1 rings (SSSR count). The summed E-state index contributed by atoms with van der Waals surface area (Å²) in [7, 11) is 0. The standard InChI is InChI=1S/C12H17NO3/c1-3-7-16-12(14)9-5-6-11(15-4-2)10(13)8-9/h5-6,8H,3-4,7,13H2,1-2H3. The number of rotatable bonds is 5. The van der Waals surface area contributed by atoms with E-state index in [-0.39, 0.29) is 5.97 Å². The van der Waals surface area contributed by atoms with Gasteiger partial charge in [0.15, 0.2) is 0 Å². The summed E-state index contributed by atoms with van der Waals surface area (Å²) in [6.45, 7) is 4.79. The van der Waals surface area contributed by atoms with Crippen LogP contribution in [0.25, 0.3) is 0 Å². The number of nitrogens with two attached hydrogens (primary N) is 1. The second-order valence-corrected chi connectivity index (χ2v) is 3.32. The van der Waals surface area contributed by atoms with Gasteiger partial charge in [-0.25, -0.2) is 4.79 Å². The highest BCUT2D eigenvalue weighted by Gasteiger charge is 2.09. The molecule has 1 aromatic carbocycles. The molecule has 0 aliphatic heterocycles. The van der Waals surface area contributed by atoms with E-state index in [1.54, 1.807) is 18.2 Å². The molecule has 0 saturated heterocycles. The lowest BCUT2D eigenvalue weighted by Gasteiger charge is -2.08. The normalized spacial score (nSPS) is 9.88. The lowest BCUT2D eigenvalue weighted by molar-refractivity contribution is 0.0505. The molecule has 88 valence electrons. The van der Waals surface area contributed by atoms with Crippen molar-refractivity contribution in [2.75, 3.05) is 18.9 Å². The Balaban J connectivity index is 2.76. The maximum atomic E-state index is 11.5. The van der Waals surface area contributed by atoms with Gasteiger partial charge in [-0.15, -0.1) is 0 Å². The van der Waals surface area contributed by atoms with Gasteiger partial charge < -0.3 is 15.2 Å². The Kier molecular flexibility index (Phi) is 4.64. The first kappa shape index (κ1) is 12.4. The quantitative estimate of drug-likeness (QED) is 0.614. The zero-order chi connectivity index (χ0) is 12.0. The first-order chi connectivity index (χ1) is 7.69. The molecule has 0 atom stereocenters. The average molecular weight is 223 g/mol. The maximum Gasteiger partial charge on any atom is 0.338 e. The predicted molar refractivity (Wildman–Crippen MR) is 62.6 cm³/mol. The fraction of sp³-hybridized carbons (Fsp3) is 0.417. The number of esters is 1. The fourth-order valence-corrected chi connectivity index (χ4v) is 1.24. The maximum absolute atomic E-state index is 11.5. The van der Waals surface area contributed by atoms with E-state index < -0.39 is 0 Å². The molecule has 0 aliphatic carbocycles. The smallest absolute Gasteiger partial charge is 0.338 e. The molecule has 0 bridgehead atoms. The summed E-state index contributed by atoms with van der Waals surface area (Å²) in [4.78, 5) is 11.5. The summed E-state index contributed by atoms with van der Waals surface area (Å²) in [5, 5.41) is 0. The van der Waals surface area contributed by atoms with Crippen molar-refractivity contribution in [1.82, 2.24) is 0 Å². The molecule has 4 nitrogen and oxygen atoms in total. The van der Waals surface area contributed by atoms with Crippen molar-refractivity contribution >= 4 is 11.7 Å². The van der Waals surface area contributed by atoms with Gasteiger partial charge in [0.25, 0.3) is 0 Å². The van der Waals surface area contributed by atoms with E-state index in [1.807, 2.05) is 13.8 Å². The van der Waals surface area contributed by atoms with Gasteiger partial charge in [-0.3, -0.25) is 0 Å². The molecule has 1 aromatic rings. The van der Waals surface area contributed by atoms with E-state index in [0.717, 1.165) is 6.42 Å². The minimum atomic E-state index is -0.350. The van der Waals surface area contributed by atoms with Crippen LogP contribution >= 0.6 is 0 Å². The van der Waals surface area contributed by atoms with Gasteiger partial charge in [0, 0.05) is 0 Å². The molecule has 0 spiro atoms. The molecule has 0 amide bonds. The van der Waals surface area contributed by atoms with Crippen LogP contribution in [0.2, 0.25) is 0 Å². The van der Waals surface area contributed by atoms with Crippen molar-refractivity contribution in [1.29, 1.82) is 0 Å². The van der Waals surface area contributed by atoms with Gasteiger partial charge in [0.05, 0.1) is 24.5 Å². The Hall–Kier alpha value is -1.71. The van der Waals surface area contributed by atoms with Crippen molar-refractivity contribution < 1.29 is 14.3 Å². The third kappa shape index (κ3) is 3.15. The van der Waals surface area contributed by atoms with Crippen LogP contribution in [-0.2, 0) is 4.74 Å². The first-order valence-corrected chi connectivity index (χ1v) is 5.38. The van der Waals surface area contributed by atoms with Crippen molar-refractivity contribution in [3.8, 4) is 5.75 Å². The van der Waals surface area contributed by atoms with Gasteiger partial charge >= 0.3 is 5.97 Å². The highest BCUT2D eigenvalue weighted by molar-refractivity contribution is 5.91. The van der Waals surface area contributed by atoms with Gasteiger partial charge in [0.2, 0.25) is 0 Å². The fourth-order valence-electron chi connectivity index (χ4n) is 1.24. The van der Waals surface area contributed by atoms with Crippen LogP contribution in [0.4, 0.5) is 5.69 Å². The summed E-state index contributed by atoms with van der Waals surface area (Å²) in [5.74, 6) is 0.242. The number of nitrogen functional groups attached to an aromatic ring is 1. The van der Waals surface area contributed by atoms with Crippen LogP contribution in [0.3, 0.4) is 0 Å². The number of hydrogen-bond donors (Lipinski definition) is 1. The van der Waals surface area contributed by atoms with Crippen molar-refractivity contribution in [2.45, 2.75) is 20.3 Å². The largest absolute Gasteiger partial charge is 0.492 e. The Labute approximate surface area is 95.3 Å². The van der Waals surface area contributed by atoms with Crippen LogP contribution in [0.5, 0.6) is 5.75 Å². The number of carbonyl (C=O) groups excluding carboxylic acids is 1. The third-order valence-corrected chi connectivity index (χ3v) is 1.98. The SMILES string of the molecule is CCCOC(=O)c1ccc(OCC)c(N)c1. The molecule has 0 unspecified atom stereocenters. The van der Waals surface area contributed by atoms with E-state index in [2.05, 4.69) is 0 Å². The summed E-state index contributed by atoms with van der Waals surface area (Å²) in [6.07, 6.45) is 0.804. The molecule has 0 saturated carbocycles. The zero-order valence-corrected chi connectivity index (χ0v) is 9.66. The monoisotopic (exact) mass is 223 g/mol. The second-order valence-electron chi connectivity index (χ2n) is 3.32. The topological polar surface area (TPSA) is 61.5 Å². The average Bonchev–Trinajstić information content (AvgIpc) is 2.29. The Morgan fingerprint density at radius 3 is 2.69 bits per heavy atom. The molecule has 0 aliphatic rings. The van der Waals surface area contributed by atoms with Gasteiger partial charge in [-0.05, 0) is 31.5 Å². The van der Waals surface area contributed by atoms with Crippen LogP contribution in [0.1, 0.15) is 30.6 Å². The number of benzene rings is 1. The number of anilines is 1. The molecule has 0 radical (unpaired) electrons. The summed E-state index contributed by atoms with van der Waals surface area (Å²) in [5.41, 5.74) is 6.65. The van der Waals surface area contributed by atoms with E-state index in [4.69, 9.17) is 15.2 Å². The van der Waals surface area contributed by atoms with Crippen LogP contribution in [-0.4, -0.2) is 19.2 Å². The Bertz CT molecular complexity index is 363. The lowest BCUT2D eigenvalue weighted by Crippen LogP contribution is -2.07.